The third-order valence-corrected chi connectivity index (χ3v) is 7.34. The van der Waals surface area contributed by atoms with Crippen LogP contribution in [0.15, 0.2) is 66.7 Å². The highest BCUT2D eigenvalue weighted by atomic mass is 16.5. The van der Waals surface area contributed by atoms with Gasteiger partial charge < -0.3 is 4.74 Å². The number of methoxy groups -OCH3 is 1. The van der Waals surface area contributed by atoms with Crippen molar-refractivity contribution >= 4 is 17.5 Å². The summed E-state index contributed by atoms with van der Waals surface area (Å²) in [6, 6.07) is 22.2. The van der Waals surface area contributed by atoms with Gasteiger partial charge in [-0.2, -0.15) is 0 Å². The summed E-state index contributed by atoms with van der Waals surface area (Å²) in [5.74, 6) is -0.634. The Labute approximate surface area is 181 Å². The van der Waals surface area contributed by atoms with Gasteiger partial charge in [-0.15, -0.1) is 0 Å². The maximum Gasteiger partial charge on any atom is 0.238 e. The van der Waals surface area contributed by atoms with E-state index in [0.717, 1.165) is 6.42 Å². The minimum Gasteiger partial charge on any atom is -0.495 e. The van der Waals surface area contributed by atoms with Gasteiger partial charge in [0, 0.05) is 11.8 Å². The maximum absolute atomic E-state index is 13.8. The van der Waals surface area contributed by atoms with Gasteiger partial charge in [0.15, 0.2) is 0 Å². The molecule has 2 amide bonds. The molecular weight excluding hydrogens is 386 g/mol. The molecule has 3 aliphatic carbocycles. The second-order valence-corrected chi connectivity index (χ2v) is 8.64. The number of ether oxygens (including phenoxy) is 1. The van der Waals surface area contributed by atoms with Crippen LogP contribution >= 0.6 is 0 Å². The third kappa shape index (κ3) is 2.30. The summed E-state index contributed by atoms with van der Waals surface area (Å²) in [6.45, 7) is 2.15. The molecule has 3 aromatic carbocycles. The molecular formula is C27H23NO3. The van der Waals surface area contributed by atoms with Gasteiger partial charge in [-0.05, 0) is 46.4 Å². The van der Waals surface area contributed by atoms with Crippen LogP contribution in [-0.2, 0) is 16.0 Å². The molecule has 1 heterocycles. The van der Waals surface area contributed by atoms with Crippen LogP contribution in [0, 0.1) is 11.8 Å². The van der Waals surface area contributed by atoms with E-state index in [1.54, 1.807) is 19.2 Å². The highest BCUT2D eigenvalue weighted by Gasteiger charge is 2.62. The van der Waals surface area contributed by atoms with Crippen LogP contribution < -0.4 is 9.64 Å². The summed E-state index contributed by atoms with van der Waals surface area (Å²) >= 11 is 0. The lowest BCUT2D eigenvalue weighted by Crippen LogP contribution is -2.41. The zero-order valence-corrected chi connectivity index (χ0v) is 17.5. The molecule has 31 heavy (non-hydrogen) atoms. The van der Waals surface area contributed by atoms with E-state index in [9.17, 15) is 9.59 Å². The molecule has 1 fully saturated rings. The fourth-order valence-electron chi connectivity index (χ4n) is 6.05. The molecule has 0 saturated carbocycles. The molecule has 2 bridgehead atoms. The van der Waals surface area contributed by atoms with Crippen molar-refractivity contribution in [2.75, 3.05) is 12.0 Å². The van der Waals surface area contributed by atoms with E-state index in [1.807, 2.05) is 24.3 Å². The van der Waals surface area contributed by atoms with E-state index < -0.39 is 0 Å². The van der Waals surface area contributed by atoms with Crippen LogP contribution in [0.3, 0.4) is 0 Å². The van der Waals surface area contributed by atoms with Crippen molar-refractivity contribution in [1.82, 2.24) is 0 Å². The second-order valence-electron chi connectivity index (χ2n) is 8.64. The largest absolute Gasteiger partial charge is 0.495 e. The Morgan fingerprint density at radius 1 is 0.774 bits per heavy atom. The number of rotatable bonds is 3. The van der Waals surface area contributed by atoms with E-state index in [1.165, 1.54) is 32.7 Å². The van der Waals surface area contributed by atoms with Crippen molar-refractivity contribution in [2.24, 2.45) is 11.8 Å². The molecule has 4 aliphatic rings. The quantitative estimate of drug-likeness (QED) is 0.592. The Morgan fingerprint density at radius 3 is 2.00 bits per heavy atom. The van der Waals surface area contributed by atoms with Crippen molar-refractivity contribution in [3.05, 3.63) is 94.5 Å². The van der Waals surface area contributed by atoms with Gasteiger partial charge in [0.05, 0.1) is 24.6 Å². The molecule has 0 N–H and O–H groups in total. The predicted molar refractivity (Wildman–Crippen MR) is 118 cm³/mol. The first-order valence-corrected chi connectivity index (χ1v) is 10.9. The van der Waals surface area contributed by atoms with Gasteiger partial charge >= 0.3 is 0 Å². The van der Waals surface area contributed by atoms with Crippen LogP contribution in [0.25, 0.3) is 0 Å². The first kappa shape index (κ1) is 18.4. The number of carbonyl (C=O) groups is 2. The Balaban J connectivity index is 1.57. The molecule has 4 nitrogen and oxygen atoms in total. The van der Waals surface area contributed by atoms with Crippen molar-refractivity contribution < 1.29 is 14.3 Å². The molecule has 154 valence electrons. The lowest BCUT2D eigenvalue weighted by molar-refractivity contribution is -0.122. The monoisotopic (exact) mass is 409 g/mol. The highest BCUT2D eigenvalue weighted by Crippen LogP contribution is 2.61. The number of nitrogens with zero attached hydrogens (tertiary/aromatic N) is 1. The minimum atomic E-state index is -0.378. The smallest absolute Gasteiger partial charge is 0.238 e. The second kappa shape index (κ2) is 6.55. The number of anilines is 1. The van der Waals surface area contributed by atoms with E-state index in [-0.39, 0.29) is 35.5 Å². The van der Waals surface area contributed by atoms with Gasteiger partial charge in [-0.1, -0.05) is 61.5 Å². The molecule has 1 aliphatic heterocycles. The number of carbonyl (C=O) groups excluding carboxylic acids is 2. The maximum atomic E-state index is 13.8. The van der Waals surface area contributed by atoms with Gasteiger partial charge in [0.1, 0.15) is 5.75 Å². The molecule has 0 unspecified atom stereocenters. The van der Waals surface area contributed by atoms with E-state index >= 15 is 0 Å². The number of para-hydroxylation sites is 2. The summed E-state index contributed by atoms with van der Waals surface area (Å²) in [4.78, 5) is 29.0. The molecule has 1 saturated heterocycles. The first-order chi connectivity index (χ1) is 15.2. The van der Waals surface area contributed by atoms with Crippen LogP contribution in [-0.4, -0.2) is 18.9 Å². The molecule has 0 aromatic heterocycles. The molecule has 3 aromatic rings. The van der Waals surface area contributed by atoms with Crippen molar-refractivity contribution in [2.45, 2.75) is 25.2 Å². The zero-order chi connectivity index (χ0) is 21.3. The van der Waals surface area contributed by atoms with Crippen LogP contribution in [0.2, 0.25) is 0 Å². The average molecular weight is 409 g/mol. The van der Waals surface area contributed by atoms with Crippen molar-refractivity contribution in [3.8, 4) is 5.75 Å². The van der Waals surface area contributed by atoms with Crippen molar-refractivity contribution in [3.63, 3.8) is 0 Å². The van der Waals surface area contributed by atoms with Gasteiger partial charge in [-0.25, -0.2) is 4.90 Å². The topological polar surface area (TPSA) is 46.6 Å². The Bertz CT molecular complexity index is 1250. The molecule has 0 spiro atoms. The molecule has 4 heteroatoms. The SMILES string of the molecule is CCc1ccc2c(c1)[C@@H]1c3ccccc3[C@@H]2[C@@H]2C(=O)N(c3ccccc3OC)C(=O)[C@H]12. The van der Waals surface area contributed by atoms with Crippen LogP contribution in [0.4, 0.5) is 5.69 Å². The minimum absolute atomic E-state index is 0.0937. The van der Waals surface area contributed by atoms with Gasteiger partial charge in [-0.3, -0.25) is 9.59 Å². The highest BCUT2D eigenvalue weighted by molar-refractivity contribution is 6.24. The Morgan fingerprint density at radius 2 is 1.35 bits per heavy atom. The standard InChI is InChI=1S/C27H23NO3/c1-3-15-12-13-18-19(14-15)23-17-9-5-4-8-16(17)22(18)24-25(23)27(30)28(26(24)29)20-10-6-7-11-21(20)31-2/h4-14,22-25H,3H2,1-2H3/t22-,23-,24-,25+/m0/s1. The summed E-state index contributed by atoms with van der Waals surface area (Å²) < 4.78 is 5.48. The first-order valence-electron chi connectivity index (χ1n) is 10.9. The van der Waals surface area contributed by atoms with Crippen LogP contribution in [0.5, 0.6) is 5.75 Å². The fraction of sp³-hybridized carbons (Fsp3) is 0.259. The average Bonchev–Trinajstić information content (AvgIpc) is 3.09. The molecule has 4 atom stereocenters. The summed E-state index contributed by atoms with van der Waals surface area (Å²) in [5, 5.41) is 0. The Hall–Kier alpha value is -3.40. The zero-order valence-electron chi connectivity index (χ0n) is 17.5. The summed E-state index contributed by atoms with van der Waals surface area (Å²) in [6.07, 6.45) is 0.945. The molecule has 0 radical (unpaired) electrons. The molecule has 7 rings (SSSR count). The van der Waals surface area contributed by atoms with E-state index in [0.29, 0.717) is 11.4 Å². The lowest BCUT2D eigenvalue weighted by atomic mass is 9.55. The summed E-state index contributed by atoms with van der Waals surface area (Å²) in [7, 11) is 1.57. The van der Waals surface area contributed by atoms with Crippen LogP contribution in [0.1, 0.15) is 46.6 Å². The van der Waals surface area contributed by atoms with Gasteiger partial charge in [0.2, 0.25) is 11.8 Å². The number of benzene rings is 3. The lowest BCUT2D eigenvalue weighted by Gasteiger charge is -2.46. The Kier molecular flexibility index (Phi) is 3.88. The number of imide groups is 1. The number of amides is 2. The number of hydrogen-bond acceptors (Lipinski definition) is 3. The van der Waals surface area contributed by atoms with Crippen molar-refractivity contribution in [1.29, 1.82) is 0 Å². The predicted octanol–water partition coefficient (Wildman–Crippen LogP) is 4.65. The normalized spacial score (nSPS) is 25.3. The number of hydrogen-bond donors (Lipinski definition) is 0. The number of aryl methyl sites for hydroxylation is 1. The van der Waals surface area contributed by atoms with Gasteiger partial charge in [0.25, 0.3) is 0 Å². The summed E-state index contributed by atoms with van der Waals surface area (Å²) in [5.41, 5.74) is 6.60. The van der Waals surface area contributed by atoms with E-state index in [4.69, 9.17) is 4.74 Å². The third-order valence-electron chi connectivity index (χ3n) is 7.34. The fourth-order valence-corrected chi connectivity index (χ4v) is 6.05. The van der Waals surface area contributed by atoms with E-state index in [2.05, 4.69) is 37.3 Å².